The van der Waals surface area contributed by atoms with E-state index in [9.17, 15) is 0 Å². The maximum absolute atomic E-state index is 4.81. The molecule has 2 rings (SSSR count). The number of hydrogen-bond donors (Lipinski definition) is 2. The minimum absolute atomic E-state index is 0. The third-order valence-corrected chi connectivity index (χ3v) is 5.86. The van der Waals surface area contributed by atoms with Gasteiger partial charge in [0.2, 0.25) is 0 Å². The first-order valence-corrected chi connectivity index (χ1v) is 9.48. The van der Waals surface area contributed by atoms with Crippen molar-refractivity contribution in [1.82, 2.24) is 15.6 Å². The van der Waals surface area contributed by atoms with E-state index in [4.69, 9.17) is 4.99 Å². The molecule has 1 aliphatic carbocycles. The van der Waals surface area contributed by atoms with Gasteiger partial charge in [-0.15, -0.1) is 35.3 Å². The van der Waals surface area contributed by atoms with Crippen LogP contribution in [0.3, 0.4) is 0 Å². The minimum Gasteiger partial charge on any atom is -0.357 e. The Labute approximate surface area is 162 Å². The van der Waals surface area contributed by atoms with Gasteiger partial charge < -0.3 is 10.6 Å². The van der Waals surface area contributed by atoms with Crippen LogP contribution in [0.5, 0.6) is 0 Å². The van der Waals surface area contributed by atoms with Crippen LogP contribution >= 0.6 is 35.3 Å². The first-order chi connectivity index (χ1) is 10.7. The SMILES string of the molecule is CCNC(=NCC1(CC)CCC1)NCCc1ncc(CC)s1.I. The van der Waals surface area contributed by atoms with Crippen molar-refractivity contribution in [3.05, 3.63) is 16.1 Å². The molecule has 1 saturated carbocycles. The number of rotatable bonds is 8. The van der Waals surface area contributed by atoms with Crippen molar-refractivity contribution < 1.29 is 0 Å². The summed E-state index contributed by atoms with van der Waals surface area (Å²) in [4.78, 5) is 10.6. The number of guanidine groups is 1. The van der Waals surface area contributed by atoms with E-state index in [2.05, 4.69) is 36.4 Å². The zero-order valence-corrected chi connectivity index (χ0v) is 17.8. The van der Waals surface area contributed by atoms with Crippen molar-refractivity contribution in [3.63, 3.8) is 0 Å². The molecule has 2 N–H and O–H groups in total. The maximum atomic E-state index is 4.81. The highest BCUT2D eigenvalue weighted by Gasteiger charge is 2.34. The predicted molar refractivity (Wildman–Crippen MR) is 111 cm³/mol. The summed E-state index contributed by atoms with van der Waals surface area (Å²) < 4.78 is 0. The fourth-order valence-corrected chi connectivity index (χ4v) is 3.67. The second kappa shape index (κ2) is 10.5. The Hall–Kier alpha value is -0.370. The zero-order valence-electron chi connectivity index (χ0n) is 14.7. The number of nitrogens with one attached hydrogen (secondary N) is 2. The molecule has 1 heterocycles. The average Bonchev–Trinajstić information content (AvgIpc) is 2.94. The number of halogens is 1. The van der Waals surface area contributed by atoms with Crippen LogP contribution in [0.25, 0.3) is 0 Å². The molecule has 0 radical (unpaired) electrons. The van der Waals surface area contributed by atoms with Gasteiger partial charge >= 0.3 is 0 Å². The van der Waals surface area contributed by atoms with Crippen LogP contribution in [0.2, 0.25) is 0 Å². The molecule has 0 aliphatic heterocycles. The van der Waals surface area contributed by atoms with E-state index in [0.717, 1.165) is 38.4 Å². The van der Waals surface area contributed by atoms with Crippen molar-refractivity contribution in [2.75, 3.05) is 19.6 Å². The van der Waals surface area contributed by atoms with E-state index in [-0.39, 0.29) is 24.0 Å². The van der Waals surface area contributed by atoms with Crippen molar-refractivity contribution >= 4 is 41.3 Å². The van der Waals surface area contributed by atoms with Gasteiger partial charge in [0.05, 0.1) is 5.01 Å². The summed E-state index contributed by atoms with van der Waals surface area (Å²) in [5.41, 5.74) is 0.480. The standard InChI is InChI=1S/C17H30N4S.HI/c1-4-14-12-20-15(22-14)8-11-19-16(18-6-3)21-13-17(5-2)9-7-10-17;/h12H,4-11,13H2,1-3H3,(H2,18,19,21);1H. The van der Waals surface area contributed by atoms with Crippen LogP contribution in [-0.4, -0.2) is 30.6 Å². The summed E-state index contributed by atoms with van der Waals surface area (Å²) in [5, 5.41) is 8.01. The Morgan fingerprint density at radius 3 is 2.61 bits per heavy atom. The van der Waals surface area contributed by atoms with E-state index in [1.165, 1.54) is 35.6 Å². The Kier molecular flexibility index (Phi) is 9.43. The summed E-state index contributed by atoms with van der Waals surface area (Å²) in [6.07, 6.45) is 9.34. The lowest BCUT2D eigenvalue weighted by molar-refractivity contribution is 0.139. The van der Waals surface area contributed by atoms with Gasteiger partial charge in [0.25, 0.3) is 0 Å². The van der Waals surface area contributed by atoms with E-state index in [1.807, 2.05) is 17.5 Å². The Morgan fingerprint density at radius 2 is 2.09 bits per heavy atom. The van der Waals surface area contributed by atoms with Crippen LogP contribution in [0.1, 0.15) is 56.3 Å². The third kappa shape index (κ3) is 6.21. The Balaban J connectivity index is 0.00000264. The summed E-state index contributed by atoms with van der Waals surface area (Å²) in [7, 11) is 0. The molecular weight excluding hydrogens is 419 g/mol. The summed E-state index contributed by atoms with van der Waals surface area (Å²) in [6, 6.07) is 0. The minimum atomic E-state index is 0. The summed E-state index contributed by atoms with van der Waals surface area (Å²) in [6.45, 7) is 9.34. The van der Waals surface area contributed by atoms with Gasteiger partial charge in [-0.2, -0.15) is 0 Å². The van der Waals surface area contributed by atoms with Crippen LogP contribution in [0.15, 0.2) is 11.2 Å². The van der Waals surface area contributed by atoms with Crippen LogP contribution in [0, 0.1) is 5.41 Å². The molecule has 1 aliphatic rings. The van der Waals surface area contributed by atoms with Gasteiger partial charge in [0.15, 0.2) is 5.96 Å². The molecule has 0 bridgehead atoms. The molecule has 6 heteroatoms. The van der Waals surface area contributed by atoms with Gasteiger partial charge in [0.1, 0.15) is 0 Å². The molecule has 23 heavy (non-hydrogen) atoms. The predicted octanol–water partition coefficient (Wildman–Crippen LogP) is 4.00. The summed E-state index contributed by atoms with van der Waals surface area (Å²) in [5.74, 6) is 0.953. The average molecular weight is 450 g/mol. The van der Waals surface area contributed by atoms with E-state index < -0.39 is 0 Å². The lowest BCUT2D eigenvalue weighted by Gasteiger charge is -2.40. The number of aryl methyl sites for hydroxylation is 1. The van der Waals surface area contributed by atoms with E-state index in [1.54, 1.807) is 0 Å². The van der Waals surface area contributed by atoms with Crippen LogP contribution < -0.4 is 10.6 Å². The number of nitrogens with zero attached hydrogens (tertiary/aromatic N) is 2. The largest absolute Gasteiger partial charge is 0.357 e. The molecule has 0 saturated heterocycles. The Bertz CT molecular complexity index is 477. The quantitative estimate of drug-likeness (QED) is 0.358. The second-order valence-corrected chi connectivity index (χ2v) is 7.35. The molecule has 1 aromatic rings. The molecule has 4 nitrogen and oxygen atoms in total. The van der Waals surface area contributed by atoms with Crippen molar-refractivity contribution in [1.29, 1.82) is 0 Å². The fraction of sp³-hybridized carbons (Fsp3) is 0.765. The number of aliphatic imine (C=N–C) groups is 1. The van der Waals surface area contributed by atoms with Gasteiger partial charge in [-0.25, -0.2) is 4.98 Å². The first-order valence-electron chi connectivity index (χ1n) is 8.67. The molecule has 1 fully saturated rings. The highest BCUT2D eigenvalue weighted by atomic mass is 127. The molecule has 0 unspecified atom stereocenters. The number of hydrogen-bond acceptors (Lipinski definition) is 3. The molecule has 0 atom stereocenters. The highest BCUT2D eigenvalue weighted by molar-refractivity contribution is 14.0. The van der Waals surface area contributed by atoms with E-state index in [0.29, 0.717) is 5.41 Å². The van der Waals surface area contributed by atoms with Crippen molar-refractivity contribution in [2.24, 2.45) is 10.4 Å². The van der Waals surface area contributed by atoms with Gasteiger partial charge in [0, 0.05) is 37.1 Å². The number of aromatic nitrogens is 1. The third-order valence-electron chi connectivity index (χ3n) is 4.66. The van der Waals surface area contributed by atoms with Crippen LogP contribution in [0.4, 0.5) is 0 Å². The normalized spacial score (nSPS) is 16.4. The topological polar surface area (TPSA) is 49.3 Å². The molecule has 0 aromatic carbocycles. The molecule has 0 spiro atoms. The monoisotopic (exact) mass is 450 g/mol. The van der Waals surface area contributed by atoms with Gasteiger partial charge in [-0.3, -0.25) is 4.99 Å². The molecule has 132 valence electrons. The highest BCUT2D eigenvalue weighted by Crippen LogP contribution is 2.43. The summed E-state index contributed by atoms with van der Waals surface area (Å²) >= 11 is 1.82. The molecular formula is C17H31IN4S. The smallest absolute Gasteiger partial charge is 0.191 e. The van der Waals surface area contributed by atoms with Crippen molar-refractivity contribution in [3.8, 4) is 0 Å². The first kappa shape index (κ1) is 20.7. The van der Waals surface area contributed by atoms with Crippen LogP contribution in [-0.2, 0) is 12.8 Å². The lowest BCUT2D eigenvalue weighted by Crippen LogP contribution is -2.40. The van der Waals surface area contributed by atoms with Crippen molar-refractivity contribution in [2.45, 2.75) is 59.3 Å². The Morgan fingerprint density at radius 1 is 1.30 bits per heavy atom. The second-order valence-electron chi connectivity index (χ2n) is 6.15. The maximum Gasteiger partial charge on any atom is 0.191 e. The van der Waals surface area contributed by atoms with Gasteiger partial charge in [-0.1, -0.05) is 20.3 Å². The lowest BCUT2D eigenvalue weighted by atomic mass is 9.67. The molecule has 1 aromatic heterocycles. The fourth-order valence-electron chi connectivity index (χ4n) is 2.80. The molecule has 0 amide bonds. The van der Waals surface area contributed by atoms with Gasteiger partial charge in [-0.05, 0) is 38.0 Å². The zero-order chi connectivity index (χ0) is 15.8. The number of thiazole rings is 1. The van der Waals surface area contributed by atoms with E-state index >= 15 is 0 Å².